The van der Waals surface area contributed by atoms with E-state index in [0.717, 1.165) is 17.5 Å². The van der Waals surface area contributed by atoms with Crippen molar-refractivity contribution in [2.45, 2.75) is 45.8 Å². The summed E-state index contributed by atoms with van der Waals surface area (Å²) in [6.07, 6.45) is 5.51. The van der Waals surface area contributed by atoms with Gasteiger partial charge in [-0.2, -0.15) is 5.10 Å². The van der Waals surface area contributed by atoms with Gasteiger partial charge in [0.25, 0.3) is 0 Å². The third kappa shape index (κ3) is 5.08. The van der Waals surface area contributed by atoms with Crippen molar-refractivity contribution in [1.29, 1.82) is 0 Å². The molecule has 192 valence electrons. The molecule has 0 saturated carbocycles. The molecule has 0 spiro atoms. The van der Waals surface area contributed by atoms with Crippen LogP contribution in [0.15, 0.2) is 12.4 Å². The molecular weight excluding hydrogens is 505 g/mol. The first-order valence-electron chi connectivity index (χ1n) is 11.5. The van der Waals surface area contributed by atoms with Gasteiger partial charge >= 0.3 is 6.09 Å². The van der Waals surface area contributed by atoms with E-state index in [0.29, 0.717) is 51.5 Å². The number of carbonyl (C=O) groups is 1. The van der Waals surface area contributed by atoms with Gasteiger partial charge in [0.1, 0.15) is 23.4 Å². The Kier molecular flexibility index (Phi) is 7.33. The molecule has 0 N–H and O–H groups in total. The molecule has 1 unspecified atom stereocenters. The lowest BCUT2D eigenvalue weighted by atomic mass is 10.1. The van der Waals surface area contributed by atoms with E-state index in [1.165, 1.54) is 20.5 Å². The Morgan fingerprint density at radius 1 is 1.11 bits per heavy atom. The molecule has 2 aromatic heterocycles. The minimum Gasteiger partial charge on any atom is -0.495 e. The van der Waals surface area contributed by atoms with Crippen LogP contribution in [0.3, 0.4) is 0 Å². The van der Waals surface area contributed by atoms with Gasteiger partial charge in [-0.25, -0.2) is 19.4 Å². The number of nitrogens with zero attached hydrogens (tertiary/aromatic N) is 5. The highest BCUT2D eigenvalue weighted by atomic mass is 35.5. The van der Waals surface area contributed by atoms with Crippen molar-refractivity contribution in [1.82, 2.24) is 24.6 Å². The molecule has 9 nitrogen and oxygen atoms in total. The molecule has 1 aliphatic heterocycles. The number of aromatic nitrogens is 4. The minimum atomic E-state index is -0.554. The monoisotopic (exact) mass is 533 g/mol. The van der Waals surface area contributed by atoms with Gasteiger partial charge in [-0.1, -0.05) is 23.2 Å². The van der Waals surface area contributed by atoms with Crippen LogP contribution < -0.4 is 9.47 Å². The minimum absolute atomic E-state index is 0.0550. The summed E-state index contributed by atoms with van der Waals surface area (Å²) < 4.78 is 18.1. The van der Waals surface area contributed by atoms with Crippen molar-refractivity contribution in [3.8, 4) is 11.5 Å². The molecule has 11 heteroatoms. The van der Waals surface area contributed by atoms with Crippen molar-refractivity contribution in [2.75, 3.05) is 27.3 Å². The van der Waals surface area contributed by atoms with Crippen LogP contribution in [0.2, 0.25) is 10.0 Å². The van der Waals surface area contributed by atoms with Gasteiger partial charge in [0.2, 0.25) is 0 Å². The molecule has 3 aromatic rings. The number of hydrogen-bond donors (Lipinski definition) is 0. The van der Waals surface area contributed by atoms with Crippen LogP contribution in [-0.2, 0) is 4.74 Å². The Morgan fingerprint density at radius 2 is 1.78 bits per heavy atom. The number of amides is 1. The van der Waals surface area contributed by atoms with Crippen LogP contribution in [0.1, 0.15) is 50.2 Å². The number of carbonyl (C=O) groups excluding carboxylic acids is 1. The molecule has 1 atom stereocenters. The topological polar surface area (TPSA) is 91.6 Å². The van der Waals surface area contributed by atoms with Crippen molar-refractivity contribution >= 4 is 52.5 Å². The van der Waals surface area contributed by atoms with E-state index >= 15 is 0 Å². The van der Waals surface area contributed by atoms with E-state index in [1.807, 2.05) is 38.5 Å². The van der Waals surface area contributed by atoms with Crippen molar-refractivity contribution < 1.29 is 19.0 Å². The molecular formula is C25H29Cl2N5O4. The highest BCUT2D eigenvalue weighted by molar-refractivity contribution is 6.39. The third-order valence-corrected chi connectivity index (χ3v) is 6.66. The van der Waals surface area contributed by atoms with Gasteiger partial charge in [0.15, 0.2) is 5.65 Å². The fourth-order valence-corrected chi connectivity index (χ4v) is 4.79. The molecule has 3 heterocycles. The normalized spacial score (nSPS) is 16.2. The fraction of sp³-hybridized carbons (Fsp3) is 0.440. The van der Waals surface area contributed by atoms with Crippen molar-refractivity contribution in [3.05, 3.63) is 39.4 Å². The van der Waals surface area contributed by atoms with Crippen molar-refractivity contribution in [2.24, 2.45) is 0 Å². The van der Waals surface area contributed by atoms with E-state index in [2.05, 4.69) is 9.97 Å². The number of likely N-dealkylation sites (tertiary alicyclic amines) is 1. The van der Waals surface area contributed by atoms with E-state index in [-0.39, 0.29) is 12.1 Å². The molecule has 1 fully saturated rings. The summed E-state index contributed by atoms with van der Waals surface area (Å²) in [4.78, 5) is 23.2. The van der Waals surface area contributed by atoms with E-state index in [1.54, 1.807) is 17.0 Å². The summed E-state index contributed by atoms with van der Waals surface area (Å²) in [6.45, 7) is 8.52. The zero-order valence-electron chi connectivity index (χ0n) is 21.1. The summed E-state index contributed by atoms with van der Waals surface area (Å²) in [7, 11) is 3.06. The van der Waals surface area contributed by atoms with Gasteiger partial charge in [-0.05, 0) is 46.3 Å². The van der Waals surface area contributed by atoms with Crippen LogP contribution in [-0.4, -0.2) is 63.7 Å². The van der Waals surface area contributed by atoms with Gasteiger partial charge in [0.05, 0.1) is 47.1 Å². The quantitative estimate of drug-likeness (QED) is 0.408. The predicted octanol–water partition coefficient (Wildman–Crippen LogP) is 5.81. The second-order valence-electron chi connectivity index (χ2n) is 9.51. The Labute approximate surface area is 219 Å². The molecule has 0 bridgehead atoms. The smallest absolute Gasteiger partial charge is 0.410 e. The molecule has 1 amide bonds. The summed E-state index contributed by atoms with van der Waals surface area (Å²) >= 11 is 13.1. The Hall–Kier alpha value is -3.04. The highest BCUT2D eigenvalue weighted by Crippen LogP contribution is 2.41. The second-order valence-corrected chi connectivity index (χ2v) is 10.3. The average molecular weight is 534 g/mol. The number of benzene rings is 1. The number of rotatable bonds is 5. The van der Waals surface area contributed by atoms with Gasteiger partial charge in [-0.15, -0.1) is 0 Å². The zero-order chi connectivity index (χ0) is 26.2. The lowest BCUT2D eigenvalue weighted by molar-refractivity contribution is 0.0288. The van der Waals surface area contributed by atoms with E-state index < -0.39 is 5.60 Å². The number of hydrogen-bond acceptors (Lipinski definition) is 7. The summed E-state index contributed by atoms with van der Waals surface area (Å²) in [6, 6.07) is 1.58. The van der Waals surface area contributed by atoms with Gasteiger partial charge in [0, 0.05) is 24.7 Å². The van der Waals surface area contributed by atoms with Crippen LogP contribution in [0.4, 0.5) is 4.79 Å². The second kappa shape index (κ2) is 10.1. The van der Waals surface area contributed by atoms with Crippen molar-refractivity contribution in [3.63, 3.8) is 0 Å². The standard InChI is InChI=1S/C25H29Cl2N5O4/c1-14-20-17(8-7-16-21(26)18(34-5)11-19(35-6)22(16)27)30-32(23(20)29-13-28-14)15-9-10-31(12-15)24(33)36-25(2,3)4/h7-8,11,13,15H,9-10,12H2,1-6H3/b8-7+. The lowest BCUT2D eigenvalue weighted by Gasteiger charge is -2.24. The first-order chi connectivity index (χ1) is 17.0. The molecule has 1 aliphatic rings. The molecule has 0 radical (unpaired) electrons. The molecule has 0 aliphatic carbocycles. The summed E-state index contributed by atoms with van der Waals surface area (Å²) in [5.41, 5.74) is 2.13. The Morgan fingerprint density at radius 3 is 2.39 bits per heavy atom. The average Bonchev–Trinajstić information content (AvgIpc) is 3.44. The Balaban J connectivity index is 1.71. The maximum absolute atomic E-state index is 12.6. The van der Waals surface area contributed by atoms with E-state index in [9.17, 15) is 4.79 Å². The molecule has 1 saturated heterocycles. The predicted molar refractivity (Wildman–Crippen MR) is 140 cm³/mol. The van der Waals surface area contributed by atoms with Crippen LogP contribution in [0.5, 0.6) is 11.5 Å². The molecule has 4 rings (SSSR count). The summed E-state index contributed by atoms with van der Waals surface area (Å²) in [5.74, 6) is 0.890. The number of ether oxygens (including phenoxy) is 3. The number of methoxy groups -OCH3 is 2. The number of fused-ring (bicyclic) bond motifs is 1. The van der Waals surface area contributed by atoms with Crippen LogP contribution >= 0.6 is 23.2 Å². The van der Waals surface area contributed by atoms with E-state index in [4.69, 9.17) is 42.5 Å². The first-order valence-corrected chi connectivity index (χ1v) is 12.3. The lowest BCUT2D eigenvalue weighted by Crippen LogP contribution is -2.35. The SMILES string of the molecule is COc1cc(OC)c(Cl)c(/C=C/c2nn(C3CCN(C(=O)OC(C)(C)C)C3)c3ncnc(C)c23)c1Cl. The number of halogens is 2. The Bertz CT molecular complexity index is 1300. The van der Waals surface area contributed by atoms with Gasteiger partial charge < -0.3 is 19.1 Å². The summed E-state index contributed by atoms with van der Waals surface area (Å²) in [5, 5.41) is 6.39. The highest BCUT2D eigenvalue weighted by Gasteiger charge is 2.32. The zero-order valence-corrected chi connectivity index (χ0v) is 22.6. The molecule has 1 aromatic carbocycles. The maximum Gasteiger partial charge on any atom is 0.410 e. The van der Waals surface area contributed by atoms with Crippen LogP contribution in [0, 0.1) is 6.92 Å². The fourth-order valence-electron chi connectivity index (χ4n) is 4.17. The maximum atomic E-state index is 12.6. The van der Waals surface area contributed by atoms with Crippen LogP contribution in [0.25, 0.3) is 23.2 Å². The first kappa shape index (κ1) is 26.0. The molecule has 36 heavy (non-hydrogen) atoms. The van der Waals surface area contributed by atoms with Gasteiger partial charge in [-0.3, -0.25) is 0 Å². The third-order valence-electron chi connectivity index (χ3n) is 5.88. The largest absolute Gasteiger partial charge is 0.495 e. The number of aryl methyl sites for hydroxylation is 1.